The van der Waals surface area contributed by atoms with Crippen molar-refractivity contribution in [2.45, 2.75) is 25.1 Å². The van der Waals surface area contributed by atoms with Crippen molar-refractivity contribution in [3.63, 3.8) is 0 Å². The van der Waals surface area contributed by atoms with Gasteiger partial charge in [0.1, 0.15) is 12.1 Å². The Bertz CT molecular complexity index is 887. The van der Waals surface area contributed by atoms with Crippen molar-refractivity contribution in [2.24, 2.45) is 0 Å². The van der Waals surface area contributed by atoms with Crippen LogP contribution in [0.4, 0.5) is 4.79 Å². The lowest BCUT2D eigenvalue weighted by Gasteiger charge is -2.33. The number of hydrogen-bond donors (Lipinski definition) is 1. The average Bonchev–Trinajstić information content (AvgIpc) is 3.02. The molecular weight excluding hydrogens is 370 g/mol. The van der Waals surface area contributed by atoms with Gasteiger partial charge in [-0.3, -0.25) is 14.5 Å². The van der Waals surface area contributed by atoms with Gasteiger partial charge in [-0.25, -0.2) is 4.79 Å². The van der Waals surface area contributed by atoms with E-state index in [1.807, 2.05) is 60.7 Å². The maximum atomic E-state index is 12.8. The number of amides is 4. The number of nitrogens with zero attached hydrogens (tertiary/aromatic N) is 2. The number of urea groups is 1. The standard InChI is InChI=1S/C22H23N3O4/c26-20(24-11-12-29-19(15-24)17-9-5-2-6-10-17)13-18-21(27)25(22(28)23-18)14-16-7-3-1-4-8-16/h1-10,18-19H,11-15H2,(H,23,28)/t18-,19+/m1/s1. The van der Waals surface area contributed by atoms with Crippen molar-refractivity contribution < 1.29 is 19.1 Å². The fraction of sp³-hybridized carbons (Fsp3) is 0.318. The minimum absolute atomic E-state index is 0.0443. The highest BCUT2D eigenvalue weighted by Gasteiger charge is 2.40. The third-order valence-corrected chi connectivity index (χ3v) is 5.26. The summed E-state index contributed by atoms with van der Waals surface area (Å²) in [5.74, 6) is -0.519. The summed E-state index contributed by atoms with van der Waals surface area (Å²) >= 11 is 0. The molecule has 2 aromatic carbocycles. The first-order valence-electron chi connectivity index (χ1n) is 9.72. The van der Waals surface area contributed by atoms with Gasteiger partial charge >= 0.3 is 6.03 Å². The fourth-order valence-corrected chi connectivity index (χ4v) is 3.68. The van der Waals surface area contributed by atoms with Crippen molar-refractivity contribution >= 4 is 17.8 Å². The lowest BCUT2D eigenvalue weighted by Crippen LogP contribution is -2.45. The van der Waals surface area contributed by atoms with Crippen molar-refractivity contribution in [3.05, 3.63) is 71.8 Å². The van der Waals surface area contributed by atoms with E-state index in [1.165, 1.54) is 4.90 Å². The molecule has 0 aliphatic carbocycles. The Morgan fingerprint density at radius 2 is 1.72 bits per heavy atom. The Labute approximate surface area is 169 Å². The quantitative estimate of drug-likeness (QED) is 0.789. The van der Waals surface area contributed by atoms with Crippen LogP contribution in [0.5, 0.6) is 0 Å². The van der Waals surface area contributed by atoms with Gasteiger partial charge in [0.05, 0.1) is 26.1 Å². The molecular formula is C22H23N3O4. The van der Waals surface area contributed by atoms with Crippen LogP contribution < -0.4 is 5.32 Å². The van der Waals surface area contributed by atoms with Crippen molar-refractivity contribution in [1.29, 1.82) is 0 Å². The minimum atomic E-state index is -0.822. The van der Waals surface area contributed by atoms with E-state index in [2.05, 4.69) is 5.32 Å². The second kappa shape index (κ2) is 8.45. The van der Waals surface area contributed by atoms with Gasteiger partial charge in [-0.05, 0) is 11.1 Å². The Balaban J connectivity index is 1.37. The third-order valence-electron chi connectivity index (χ3n) is 5.26. The van der Waals surface area contributed by atoms with Crippen LogP contribution in [0.25, 0.3) is 0 Å². The molecule has 0 unspecified atom stereocenters. The Morgan fingerprint density at radius 3 is 2.45 bits per heavy atom. The molecule has 2 heterocycles. The van der Waals surface area contributed by atoms with Gasteiger partial charge in [0, 0.05) is 6.54 Å². The van der Waals surface area contributed by atoms with Gasteiger partial charge in [-0.1, -0.05) is 60.7 Å². The summed E-state index contributed by atoms with van der Waals surface area (Å²) in [5.41, 5.74) is 1.88. The average molecular weight is 393 g/mol. The molecule has 0 aromatic heterocycles. The minimum Gasteiger partial charge on any atom is -0.370 e. The van der Waals surface area contributed by atoms with Crippen LogP contribution in [0, 0.1) is 0 Å². The molecule has 2 saturated heterocycles. The number of rotatable bonds is 5. The Morgan fingerprint density at radius 1 is 1.03 bits per heavy atom. The molecule has 2 fully saturated rings. The molecule has 2 aliphatic heterocycles. The van der Waals surface area contributed by atoms with Crippen LogP contribution in [-0.4, -0.2) is 53.4 Å². The van der Waals surface area contributed by atoms with Crippen LogP contribution >= 0.6 is 0 Å². The van der Waals surface area contributed by atoms with Crippen LogP contribution in [0.15, 0.2) is 60.7 Å². The molecule has 4 rings (SSSR count). The summed E-state index contributed by atoms with van der Waals surface area (Å²) in [6.07, 6.45) is -0.227. The van der Waals surface area contributed by atoms with E-state index in [9.17, 15) is 14.4 Å². The number of hydrogen-bond acceptors (Lipinski definition) is 4. The van der Waals surface area contributed by atoms with Gasteiger partial charge in [-0.15, -0.1) is 0 Å². The molecule has 29 heavy (non-hydrogen) atoms. The highest BCUT2D eigenvalue weighted by molar-refractivity contribution is 6.05. The zero-order chi connectivity index (χ0) is 20.2. The molecule has 2 aromatic rings. The molecule has 4 amide bonds. The lowest BCUT2D eigenvalue weighted by molar-refractivity contribution is -0.141. The summed E-state index contributed by atoms with van der Waals surface area (Å²) in [5, 5.41) is 2.65. The maximum Gasteiger partial charge on any atom is 0.325 e. The molecule has 150 valence electrons. The smallest absolute Gasteiger partial charge is 0.325 e. The highest BCUT2D eigenvalue weighted by Crippen LogP contribution is 2.23. The normalized spacial score (nSPS) is 21.9. The summed E-state index contributed by atoms with van der Waals surface area (Å²) < 4.78 is 5.80. The SMILES string of the molecule is O=C(C[C@H]1NC(=O)N(Cc2ccccc2)C1=O)N1CCO[C@H](c2ccccc2)C1. The largest absolute Gasteiger partial charge is 0.370 e. The van der Waals surface area contributed by atoms with E-state index in [0.717, 1.165) is 11.1 Å². The van der Waals surface area contributed by atoms with Crippen LogP contribution in [0.3, 0.4) is 0 Å². The van der Waals surface area contributed by atoms with Crippen LogP contribution in [0.1, 0.15) is 23.7 Å². The van der Waals surface area contributed by atoms with Crippen molar-refractivity contribution in [1.82, 2.24) is 15.1 Å². The molecule has 0 spiro atoms. The van der Waals surface area contributed by atoms with Gasteiger partial charge < -0.3 is 15.0 Å². The van der Waals surface area contributed by atoms with Gasteiger partial charge in [0.2, 0.25) is 5.91 Å². The third kappa shape index (κ3) is 4.30. The first-order chi connectivity index (χ1) is 14.1. The van der Waals surface area contributed by atoms with Crippen LogP contribution in [0.2, 0.25) is 0 Å². The first kappa shape index (κ1) is 19.1. The van der Waals surface area contributed by atoms with E-state index in [4.69, 9.17) is 4.74 Å². The predicted octanol–water partition coefficient (Wildman–Crippen LogP) is 2.10. The van der Waals surface area contributed by atoms with E-state index < -0.39 is 12.1 Å². The monoisotopic (exact) mass is 393 g/mol. The first-order valence-corrected chi connectivity index (χ1v) is 9.72. The molecule has 0 bridgehead atoms. The zero-order valence-corrected chi connectivity index (χ0v) is 16.0. The highest BCUT2D eigenvalue weighted by atomic mass is 16.5. The maximum absolute atomic E-state index is 12.8. The van der Waals surface area contributed by atoms with Crippen LogP contribution in [-0.2, 0) is 20.9 Å². The Hall–Kier alpha value is -3.19. The second-order valence-corrected chi connectivity index (χ2v) is 7.23. The summed E-state index contributed by atoms with van der Waals surface area (Å²) in [6.45, 7) is 1.55. The lowest BCUT2D eigenvalue weighted by atomic mass is 10.1. The van der Waals surface area contributed by atoms with E-state index in [-0.39, 0.29) is 30.9 Å². The molecule has 1 N–H and O–H groups in total. The van der Waals surface area contributed by atoms with Crippen molar-refractivity contribution in [3.8, 4) is 0 Å². The molecule has 7 heteroatoms. The molecule has 0 saturated carbocycles. The summed E-state index contributed by atoms with van der Waals surface area (Å²) in [6, 6.07) is 17.8. The molecule has 7 nitrogen and oxygen atoms in total. The summed E-state index contributed by atoms with van der Waals surface area (Å²) in [4.78, 5) is 40.6. The number of imide groups is 1. The number of nitrogens with one attached hydrogen (secondary N) is 1. The predicted molar refractivity (Wildman–Crippen MR) is 106 cm³/mol. The number of morpholine rings is 1. The fourth-order valence-electron chi connectivity index (χ4n) is 3.68. The van der Waals surface area contributed by atoms with E-state index in [0.29, 0.717) is 19.7 Å². The number of carbonyl (C=O) groups is 3. The molecule has 0 radical (unpaired) electrons. The molecule has 2 aliphatic rings. The Kier molecular flexibility index (Phi) is 5.57. The number of ether oxygens (including phenoxy) is 1. The number of carbonyl (C=O) groups excluding carboxylic acids is 3. The van der Waals surface area contributed by atoms with E-state index >= 15 is 0 Å². The van der Waals surface area contributed by atoms with Gasteiger partial charge in [0.15, 0.2) is 0 Å². The van der Waals surface area contributed by atoms with Crippen molar-refractivity contribution in [2.75, 3.05) is 19.7 Å². The van der Waals surface area contributed by atoms with Gasteiger partial charge in [-0.2, -0.15) is 0 Å². The van der Waals surface area contributed by atoms with E-state index in [1.54, 1.807) is 4.90 Å². The second-order valence-electron chi connectivity index (χ2n) is 7.23. The topological polar surface area (TPSA) is 79.0 Å². The molecule has 2 atom stereocenters. The van der Waals surface area contributed by atoms with Gasteiger partial charge in [0.25, 0.3) is 5.91 Å². The number of benzene rings is 2. The zero-order valence-electron chi connectivity index (χ0n) is 16.0. The summed E-state index contributed by atoms with van der Waals surface area (Å²) in [7, 11) is 0.